The summed E-state index contributed by atoms with van der Waals surface area (Å²) in [6, 6.07) is 20.4. The number of rotatable bonds is 7. The molecule has 6 nitrogen and oxygen atoms in total. The summed E-state index contributed by atoms with van der Waals surface area (Å²) < 4.78 is 13.4. The van der Waals surface area contributed by atoms with Crippen LogP contribution in [0.15, 0.2) is 87.5 Å². The molecule has 0 unspecified atom stereocenters. The van der Waals surface area contributed by atoms with Crippen LogP contribution in [0, 0.1) is 0 Å². The Kier molecular flexibility index (Phi) is 6.97. The van der Waals surface area contributed by atoms with Crippen LogP contribution in [0.3, 0.4) is 0 Å². The molecule has 0 spiro atoms. The van der Waals surface area contributed by atoms with Crippen LogP contribution in [0.5, 0.6) is 5.75 Å². The first-order valence-corrected chi connectivity index (χ1v) is 13.4. The van der Waals surface area contributed by atoms with Gasteiger partial charge in [-0.05, 0) is 37.4 Å². The quantitative estimate of drug-likeness (QED) is 0.342. The number of esters is 1. The molecule has 0 fully saturated rings. The number of aromatic nitrogens is 1. The largest absolute Gasteiger partial charge is 0.493 e. The van der Waals surface area contributed by atoms with Gasteiger partial charge in [-0.1, -0.05) is 65.9 Å². The number of thiophene rings is 1. The highest BCUT2D eigenvalue weighted by molar-refractivity contribution is 7.10. The van der Waals surface area contributed by atoms with E-state index >= 15 is 0 Å². The van der Waals surface area contributed by atoms with Crippen molar-refractivity contribution in [2.45, 2.75) is 19.9 Å². The molecule has 0 saturated heterocycles. The highest BCUT2D eigenvalue weighted by atomic mass is 32.1. The van der Waals surface area contributed by atoms with E-state index in [1.54, 1.807) is 11.5 Å². The zero-order chi connectivity index (χ0) is 25.1. The van der Waals surface area contributed by atoms with Gasteiger partial charge >= 0.3 is 5.97 Å². The Morgan fingerprint density at radius 2 is 1.81 bits per heavy atom. The van der Waals surface area contributed by atoms with Gasteiger partial charge in [-0.15, -0.1) is 11.3 Å². The first-order valence-electron chi connectivity index (χ1n) is 11.7. The molecule has 1 atom stereocenters. The van der Waals surface area contributed by atoms with Crippen molar-refractivity contribution in [3.05, 3.63) is 113 Å². The normalized spacial score (nSPS) is 15.4. The molecule has 1 aliphatic heterocycles. The number of nitrogens with zero attached hydrogens (tertiary/aromatic N) is 2. The van der Waals surface area contributed by atoms with Crippen molar-refractivity contribution in [3.63, 3.8) is 0 Å². The van der Waals surface area contributed by atoms with Crippen LogP contribution in [-0.4, -0.2) is 23.8 Å². The van der Waals surface area contributed by atoms with Crippen molar-refractivity contribution in [3.8, 4) is 5.75 Å². The average Bonchev–Trinajstić information content (AvgIpc) is 3.53. The van der Waals surface area contributed by atoms with E-state index in [2.05, 4.69) is 0 Å². The fourth-order valence-corrected chi connectivity index (χ4v) is 6.00. The molecule has 2 aromatic carbocycles. The Labute approximate surface area is 216 Å². The fourth-order valence-electron chi connectivity index (χ4n) is 4.18. The number of benzene rings is 2. The van der Waals surface area contributed by atoms with Crippen LogP contribution in [0.25, 0.3) is 11.8 Å². The van der Waals surface area contributed by atoms with E-state index < -0.39 is 12.0 Å². The van der Waals surface area contributed by atoms with E-state index in [0.717, 1.165) is 16.0 Å². The molecule has 0 bridgehead atoms. The molecule has 4 aromatic rings. The Hall–Kier alpha value is -3.75. The Morgan fingerprint density at radius 1 is 1.03 bits per heavy atom. The minimum atomic E-state index is -0.639. The first kappa shape index (κ1) is 24.0. The topological polar surface area (TPSA) is 69.9 Å². The molecule has 3 heterocycles. The predicted octanol–water partition coefficient (Wildman–Crippen LogP) is 4.40. The fraction of sp³-hybridized carbons (Fsp3) is 0.179. The molecule has 36 heavy (non-hydrogen) atoms. The highest BCUT2D eigenvalue weighted by Gasteiger charge is 2.35. The lowest BCUT2D eigenvalue weighted by Gasteiger charge is -2.24. The number of carbonyl (C=O) groups excluding carboxylic acids is 1. The van der Waals surface area contributed by atoms with E-state index in [-0.39, 0.29) is 12.2 Å². The molecule has 0 N–H and O–H groups in total. The van der Waals surface area contributed by atoms with Gasteiger partial charge in [0.2, 0.25) is 0 Å². The molecule has 2 aromatic heterocycles. The number of hydrogen-bond donors (Lipinski definition) is 0. The number of hydrogen-bond acceptors (Lipinski definition) is 7. The Morgan fingerprint density at radius 3 is 2.53 bits per heavy atom. The van der Waals surface area contributed by atoms with Crippen LogP contribution in [0.2, 0.25) is 0 Å². The monoisotopic (exact) mass is 516 g/mol. The summed E-state index contributed by atoms with van der Waals surface area (Å²) in [5.74, 6) is 0.229. The molecule has 0 amide bonds. The van der Waals surface area contributed by atoms with Crippen molar-refractivity contribution in [1.82, 2.24) is 4.57 Å². The summed E-state index contributed by atoms with van der Waals surface area (Å²) in [6.07, 6.45) is 1.83. The zero-order valence-electron chi connectivity index (χ0n) is 19.8. The van der Waals surface area contributed by atoms with Crippen molar-refractivity contribution < 1.29 is 14.3 Å². The molecule has 1 aliphatic rings. The molecule has 5 rings (SSSR count). The second-order valence-electron chi connectivity index (χ2n) is 7.92. The third kappa shape index (κ3) is 4.45. The third-order valence-electron chi connectivity index (χ3n) is 5.69. The second kappa shape index (κ2) is 10.5. The lowest BCUT2D eigenvalue weighted by atomic mass is 9.97. The summed E-state index contributed by atoms with van der Waals surface area (Å²) >= 11 is 2.79. The average molecular weight is 517 g/mol. The van der Waals surface area contributed by atoms with Crippen molar-refractivity contribution in [2.24, 2.45) is 4.99 Å². The molecule has 0 aliphatic carbocycles. The van der Waals surface area contributed by atoms with Crippen LogP contribution in [0.4, 0.5) is 0 Å². The minimum absolute atomic E-state index is 0.211. The van der Waals surface area contributed by atoms with Crippen LogP contribution < -0.4 is 19.6 Å². The highest BCUT2D eigenvalue weighted by Crippen LogP contribution is 2.36. The number of para-hydroxylation sites is 1. The number of ether oxygens (including phenoxy) is 2. The summed E-state index contributed by atoms with van der Waals surface area (Å²) in [6.45, 7) is 4.44. The summed E-state index contributed by atoms with van der Waals surface area (Å²) in [5.41, 5.74) is 2.28. The maximum Gasteiger partial charge on any atom is 0.338 e. The predicted molar refractivity (Wildman–Crippen MR) is 143 cm³/mol. The van der Waals surface area contributed by atoms with Crippen LogP contribution in [0.1, 0.15) is 35.9 Å². The van der Waals surface area contributed by atoms with E-state index in [4.69, 9.17) is 14.5 Å². The van der Waals surface area contributed by atoms with Gasteiger partial charge in [0.1, 0.15) is 11.8 Å². The summed E-state index contributed by atoms with van der Waals surface area (Å²) in [5, 5.41) is 1.94. The molecular formula is C28H24N2O4S2. The smallest absolute Gasteiger partial charge is 0.338 e. The first-order chi connectivity index (χ1) is 17.6. The lowest BCUT2D eigenvalue weighted by molar-refractivity contribution is -0.138. The van der Waals surface area contributed by atoms with Crippen molar-refractivity contribution in [1.29, 1.82) is 0 Å². The zero-order valence-corrected chi connectivity index (χ0v) is 21.5. The Bertz CT molecular complexity index is 1600. The summed E-state index contributed by atoms with van der Waals surface area (Å²) in [7, 11) is 0. The SMILES string of the molecule is CCOC(=O)C1=C(c2ccccc2)N=c2s/c(=C\c3ccccc3OCC)c(=O)n2[C@@H]1c1cccs1. The molecular weight excluding hydrogens is 492 g/mol. The number of fused-ring (bicyclic) bond motifs is 1. The molecule has 0 radical (unpaired) electrons. The maximum atomic E-state index is 13.8. The van der Waals surface area contributed by atoms with Crippen LogP contribution >= 0.6 is 22.7 Å². The van der Waals surface area contributed by atoms with Gasteiger partial charge in [0, 0.05) is 16.0 Å². The lowest BCUT2D eigenvalue weighted by Crippen LogP contribution is -2.39. The van der Waals surface area contributed by atoms with Gasteiger partial charge < -0.3 is 9.47 Å². The second-order valence-corrected chi connectivity index (χ2v) is 9.91. The minimum Gasteiger partial charge on any atom is -0.493 e. The standard InChI is InChI=1S/C28H24N2O4S2/c1-3-33-20-14-9-8-13-19(20)17-22-26(31)30-25(21-15-10-16-35-21)23(27(32)34-4-2)24(29-28(30)36-22)18-11-6-5-7-12-18/h5-17,25H,3-4H2,1-2H3/b22-17-/t25-/m1/s1. The van der Waals surface area contributed by atoms with Gasteiger partial charge in [0.05, 0.1) is 29.0 Å². The van der Waals surface area contributed by atoms with E-state index in [0.29, 0.717) is 33.0 Å². The van der Waals surface area contributed by atoms with Crippen LogP contribution in [-0.2, 0) is 9.53 Å². The van der Waals surface area contributed by atoms with E-state index in [9.17, 15) is 9.59 Å². The van der Waals surface area contributed by atoms with Gasteiger partial charge in [-0.3, -0.25) is 9.36 Å². The number of thiazole rings is 1. The van der Waals surface area contributed by atoms with Crippen molar-refractivity contribution >= 4 is 40.4 Å². The molecule has 8 heteroatoms. The van der Waals surface area contributed by atoms with Crippen molar-refractivity contribution in [2.75, 3.05) is 13.2 Å². The van der Waals surface area contributed by atoms with Gasteiger partial charge in [0.15, 0.2) is 4.80 Å². The Balaban J connectivity index is 1.80. The summed E-state index contributed by atoms with van der Waals surface area (Å²) in [4.78, 5) is 33.4. The van der Waals surface area contributed by atoms with E-state index in [1.165, 1.54) is 22.7 Å². The van der Waals surface area contributed by atoms with Gasteiger partial charge in [0.25, 0.3) is 5.56 Å². The maximum absolute atomic E-state index is 13.8. The molecule has 0 saturated carbocycles. The van der Waals surface area contributed by atoms with Gasteiger partial charge in [-0.25, -0.2) is 9.79 Å². The van der Waals surface area contributed by atoms with E-state index in [1.807, 2.05) is 85.1 Å². The molecule has 182 valence electrons. The van der Waals surface area contributed by atoms with Gasteiger partial charge in [-0.2, -0.15) is 0 Å². The third-order valence-corrected chi connectivity index (χ3v) is 7.60. The number of carbonyl (C=O) groups is 1.